The Hall–Kier alpha value is -1.75. The van der Waals surface area contributed by atoms with E-state index in [-0.39, 0.29) is 12.0 Å². The molecule has 0 spiro atoms. The van der Waals surface area contributed by atoms with Gasteiger partial charge in [0.15, 0.2) is 0 Å². The van der Waals surface area contributed by atoms with Crippen molar-refractivity contribution in [3.63, 3.8) is 0 Å². The van der Waals surface area contributed by atoms with E-state index in [0.717, 1.165) is 49.2 Å². The van der Waals surface area contributed by atoms with Crippen molar-refractivity contribution < 1.29 is 9.90 Å². The van der Waals surface area contributed by atoms with Gasteiger partial charge in [-0.2, -0.15) is 0 Å². The summed E-state index contributed by atoms with van der Waals surface area (Å²) in [6.07, 6.45) is 4.09. The average Bonchev–Trinajstić information content (AvgIpc) is 2.82. The molecule has 108 valence electrons. The van der Waals surface area contributed by atoms with Gasteiger partial charge < -0.3 is 21.5 Å². The Bertz CT molecular complexity index is 530. The van der Waals surface area contributed by atoms with Crippen LogP contribution in [0.25, 0.3) is 0 Å². The monoisotopic (exact) mass is 275 g/mol. The molecule has 1 aromatic rings. The maximum Gasteiger partial charge on any atom is 0.224 e. The number of carbonyl (C=O) groups is 1. The predicted molar refractivity (Wildman–Crippen MR) is 79.6 cm³/mol. The van der Waals surface area contributed by atoms with Crippen LogP contribution in [-0.2, 0) is 11.2 Å². The Labute approximate surface area is 118 Å². The number of rotatable bonds is 3. The van der Waals surface area contributed by atoms with Gasteiger partial charge in [0, 0.05) is 24.6 Å². The van der Waals surface area contributed by atoms with Crippen molar-refractivity contribution in [1.82, 2.24) is 0 Å². The minimum atomic E-state index is -0.207. The summed E-state index contributed by atoms with van der Waals surface area (Å²) in [6, 6.07) is 3.84. The van der Waals surface area contributed by atoms with E-state index in [2.05, 4.69) is 10.6 Å². The number of fused-ring (bicyclic) bond motifs is 1. The molecule has 2 aliphatic rings. The fourth-order valence-electron chi connectivity index (χ4n) is 3.10. The highest BCUT2D eigenvalue weighted by Crippen LogP contribution is 2.32. The highest BCUT2D eigenvalue weighted by atomic mass is 16.3. The number of nitrogens with one attached hydrogen (secondary N) is 2. The average molecular weight is 275 g/mol. The molecule has 0 bridgehead atoms. The molecule has 0 aromatic heterocycles. The summed E-state index contributed by atoms with van der Waals surface area (Å²) in [5.41, 5.74) is 9.54. The van der Waals surface area contributed by atoms with Gasteiger partial charge in [0.05, 0.1) is 17.5 Å². The molecule has 20 heavy (non-hydrogen) atoms. The summed E-state index contributed by atoms with van der Waals surface area (Å²) < 4.78 is 0. The Kier molecular flexibility index (Phi) is 3.53. The maximum absolute atomic E-state index is 11.4. The van der Waals surface area contributed by atoms with Gasteiger partial charge in [-0.3, -0.25) is 4.79 Å². The van der Waals surface area contributed by atoms with Crippen LogP contribution in [0.4, 0.5) is 17.1 Å². The van der Waals surface area contributed by atoms with Gasteiger partial charge in [-0.25, -0.2) is 0 Å². The van der Waals surface area contributed by atoms with Gasteiger partial charge in [-0.05, 0) is 37.0 Å². The molecule has 0 saturated heterocycles. The number of aryl methyl sites for hydroxylation is 1. The molecule has 1 aromatic carbocycles. The summed E-state index contributed by atoms with van der Waals surface area (Å²) >= 11 is 0. The summed E-state index contributed by atoms with van der Waals surface area (Å²) in [5.74, 6) is 0.347. The Morgan fingerprint density at radius 1 is 1.35 bits per heavy atom. The van der Waals surface area contributed by atoms with Crippen molar-refractivity contribution in [2.24, 2.45) is 5.92 Å². The van der Waals surface area contributed by atoms with Crippen molar-refractivity contribution in [2.45, 2.75) is 38.2 Å². The molecule has 2 unspecified atom stereocenters. The SMILES string of the molecule is Nc1cc2c(cc1NCC1CCCC1O)NC(=O)CC2. The van der Waals surface area contributed by atoms with Crippen molar-refractivity contribution in [3.8, 4) is 0 Å². The molecule has 1 aliphatic carbocycles. The van der Waals surface area contributed by atoms with E-state index < -0.39 is 0 Å². The molecule has 0 radical (unpaired) electrons. The molecule has 3 rings (SSSR count). The van der Waals surface area contributed by atoms with Crippen LogP contribution in [0, 0.1) is 5.92 Å². The Morgan fingerprint density at radius 2 is 2.20 bits per heavy atom. The molecular formula is C15H21N3O2. The maximum atomic E-state index is 11.4. The minimum Gasteiger partial charge on any atom is -0.397 e. The number of nitrogen functional groups attached to an aromatic ring is 1. The van der Waals surface area contributed by atoms with Gasteiger partial charge >= 0.3 is 0 Å². The number of hydrogen-bond donors (Lipinski definition) is 4. The summed E-state index contributed by atoms with van der Waals surface area (Å²) in [7, 11) is 0. The zero-order chi connectivity index (χ0) is 14.1. The van der Waals surface area contributed by atoms with Crippen molar-refractivity contribution in [1.29, 1.82) is 0 Å². The third-order valence-corrected chi connectivity index (χ3v) is 4.34. The van der Waals surface area contributed by atoms with Gasteiger partial charge in [-0.15, -0.1) is 0 Å². The van der Waals surface area contributed by atoms with E-state index in [0.29, 0.717) is 18.0 Å². The normalized spacial score (nSPS) is 25.1. The number of aliphatic hydroxyl groups is 1. The first-order chi connectivity index (χ1) is 9.63. The Balaban J connectivity index is 1.73. The molecule has 1 fully saturated rings. The lowest BCUT2D eigenvalue weighted by molar-refractivity contribution is -0.116. The minimum absolute atomic E-state index is 0.0550. The zero-order valence-electron chi connectivity index (χ0n) is 11.5. The van der Waals surface area contributed by atoms with Gasteiger partial charge in [0.25, 0.3) is 0 Å². The first-order valence-corrected chi connectivity index (χ1v) is 7.27. The molecule has 2 atom stereocenters. The first-order valence-electron chi connectivity index (χ1n) is 7.27. The lowest BCUT2D eigenvalue weighted by Gasteiger charge is -2.21. The molecule has 5 N–H and O–H groups in total. The number of aliphatic hydroxyl groups excluding tert-OH is 1. The standard InChI is InChI=1S/C15H21N3O2/c16-11-6-9-4-5-15(20)18-12(9)7-13(11)17-8-10-2-1-3-14(10)19/h6-7,10,14,17,19H,1-5,8,16H2,(H,18,20). The number of amides is 1. The fraction of sp³-hybridized carbons (Fsp3) is 0.533. The van der Waals surface area contributed by atoms with E-state index in [1.54, 1.807) is 0 Å². The van der Waals surface area contributed by atoms with Crippen LogP contribution in [0.3, 0.4) is 0 Å². The number of hydrogen-bond acceptors (Lipinski definition) is 4. The van der Waals surface area contributed by atoms with Crippen LogP contribution in [0.5, 0.6) is 0 Å². The van der Waals surface area contributed by atoms with E-state index in [4.69, 9.17) is 5.73 Å². The summed E-state index contributed by atoms with van der Waals surface area (Å²) in [5, 5.41) is 16.0. The molecule has 1 aliphatic heterocycles. The highest BCUT2D eigenvalue weighted by Gasteiger charge is 2.25. The molecule has 1 amide bonds. The van der Waals surface area contributed by atoms with Crippen LogP contribution < -0.4 is 16.4 Å². The number of anilines is 3. The lowest BCUT2D eigenvalue weighted by Crippen LogP contribution is -2.23. The lowest BCUT2D eigenvalue weighted by atomic mass is 10.0. The van der Waals surface area contributed by atoms with Crippen LogP contribution in [0.1, 0.15) is 31.2 Å². The van der Waals surface area contributed by atoms with Crippen molar-refractivity contribution in [2.75, 3.05) is 22.9 Å². The third-order valence-electron chi connectivity index (χ3n) is 4.34. The predicted octanol–water partition coefficient (Wildman–Crippen LogP) is 1.73. The van der Waals surface area contributed by atoms with Gasteiger partial charge in [0.1, 0.15) is 0 Å². The zero-order valence-corrected chi connectivity index (χ0v) is 11.5. The van der Waals surface area contributed by atoms with Crippen LogP contribution in [-0.4, -0.2) is 23.7 Å². The molecule has 1 heterocycles. The second kappa shape index (κ2) is 5.32. The number of carbonyl (C=O) groups excluding carboxylic acids is 1. The van der Waals surface area contributed by atoms with E-state index in [1.165, 1.54) is 0 Å². The first kappa shape index (κ1) is 13.2. The quantitative estimate of drug-likeness (QED) is 0.633. The van der Waals surface area contributed by atoms with E-state index in [1.807, 2.05) is 12.1 Å². The van der Waals surface area contributed by atoms with E-state index >= 15 is 0 Å². The highest BCUT2D eigenvalue weighted by molar-refractivity contribution is 5.95. The second-order valence-corrected chi connectivity index (χ2v) is 5.78. The summed E-state index contributed by atoms with van der Waals surface area (Å²) in [4.78, 5) is 11.4. The third kappa shape index (κ3) is 2.58. The largest absolute Gasteiger partial charge is 0.397 e. The smallest absolute Gasteiger partial charge is 0.224 e. The van der Waals surface area contributed by atoms with E-state index in [9.17, 15) is 9.90 Å². The van der Waals surface area contributed by atoms with Gasteiger partial charge in [-0.1, -0.05) is 6.42 Å². The van der Waals surface area contributed by atoms with Crippen molar-refractivity contribution in [3.05, 3.63) is 17.7 Å². The second-order valence-electron chi connectivity index (χ2n) is 5.78. The topological polar surface area (TPSA) is 87.4 Å². The van der Waals surface area contributed by atoms with Crippen molar-refractivity contribution >= 4 is 23.0 Å². The van der Waals surface area contributed by atoms with Crippen LogP contribution in [0.15, 0.2) is 12.1 Å². The molecule has 1 saturated carbocycles. The van der Waals surface area contributed by atoms with Crippen LogP contribution in [0.2, 0.25) is 0 Å². The summed E-state index contributed by atoms with van der Waals surface area (Å²) in [6.45, 7) is 0.720. The molecular weight excluding hydrogens is 254 g/mol. The number of benzene rings is 1. The number of nitrogens with two attached hydrogens (primary N) is 1. The Morgan fingerprint density at radius 3 is 2.95 bits per heavy atom. The van der Waals surface area contributed by atoms with Gasteiger partial charge in [0.2, 0.25) is 5.91 Å². The molecule has 5 nitrogen and oxygen atoms in total. The molecule has 5 heteroatoms. The fourth-order valence-corrected chi connectivity index (χ4v) is 3.10. The van der Waals surface area contributed by atoms with Crippen LogP contribution >= 0.6 is 0 Å².